The van der Waals surface area contributed by atoms with Gasteiger partial charge in [0.25, 0.3) is 0 Å². The lowest BCUT2D eigenvalue weighted by Crippen LogP contribution is -2.38. The van der Waals surface area contributed by atoms with E-state index in [1.54, 1.807) is 25.6 Å². The molecule has 1 saturated heterocycles. The lowest BCUT2D eigenvalue weighted by atomic mass is 9.82. The van der Waals surface area contributed by atoms with Crippen LogP contribution in [-0.2, 0) is 4.79 Å². The summed E-state index contributed by atoms with van der Waals surface area (Å²) in [4.78, 5) is 25.8. The van der Waals surface area contributed by atoms with Crippen LogP contribution in [0.3, 0.4) is 0 Å². The van der Waals surface area contributed by atoms with E-state index in [4.69, 9.17) is 4.74 Å². The number of carboxylic acids is 1. The molecule has 30 heavy (non-hydrogen) atoms. The Bertz CT molecular complexity index is 929. The first-order valence-corrected chi connectivity index (χ1v) is 11.3. The lowest BCUT2D eigenvalue weighted by Gasteiger charge is -2.26. The number of hydrogen-bond acceptors (Lipinski definition) is 5. The summed E-state index contributed by atoms with van der Waals surface area (Å²) in [5, 5.41) is 12.7. The number of aryl methyl sites for hydroxylation is 2. The molecule has 0 spiro atoms. The number of ketones is 1. The van der Waals surface area contributed by atoms with Crippen LogP contribution in [0.4, 0.5) is 0 Å². The van der Waals surface area contributed by atoms with Crippen LogP contribution < -0.4 is 10.1 Å². The molecule has 1 heterocycles. The van der Waals surface area contributed by atoms with Crippen LogP contribution in [0, 0.1) is 19.8 Å². The van der Waals surface area contributed by atoms with Crippen molar-refractivity contribution in [3.63, 3.8) is 0 Å². The number of nitrogens with one attached hydrogen (secondary N) is 1. The zero-order valence-corrected chi connectivity index (χ0v) is 18.9. The van der Waals surface area contributed by atoms with Gasteiger partial charge in [-0.2, -0.15) is 0 Å². The van der Waals surface area contributed by atoms with Crippen molar-refractivity contribution in [2.75, 3.05) is 19.3 Å². The van der Waals surface area contributed by atoms with Gasteiger partial charge in [0.2, 0.25) is 0 Å². The Hall–Kier alpha value is -2.31. The number of rotatable bonds is 7. The predicted octanol–water partition coefficient (Wildman–Crippen LogP) is 4.45. The second-order valence-corrected chi connectivity index (χ2v) is 9.24. The molecule has 0 saturated carbocycles. The second-order valence-electron chi connectivity index (χ2n) is 8.37. The molecule has 0 bridgehead atoms. The van der Waals surface area contributed by atoms with E-state index in [0.29, 0.717) is 12.3 Å². The molecule has 1 aliphatic heterocycles. The smallest absolute Gasteiger partial charge is 0.347 e. The van der Waals surface area contributed by atoms with Crippen LogP contribution in [0.25, 0.3) is 0 Å². The van der Waals surface area contributed by atoms with E-state index in [9.17, 15) is 14.7 Å². The van der Waals surface area contributed by atoms with Gasteiger partial charge in [-0.15, -0.1) is 11.8 Å². The maximum absolute atomic E-state index is 13.2. The number of carboxylic acid groups (broad SMARTS) is 1. The standard InChI is InChI=1S/C24H29NO4S/c1-14-10-17(11-15(2)22(14)29-24(3,4)23(27)28)19-12-25-13-20(19)21(26)16-6-8-18(30-5)9-7-16/h6-11,19-20,25H,12-13H2,1-5H3,(H,27,28)/t19-,20?/m0/s1. The minimum Gasteiger partial charge on any atom is -0.478 e. The van der Waals surface area contributed by atoms with Crippen molar-refractivity contribution < 1.29 is 19.4 Å². The second kappa shape index (κ2) is 8.82. The predicted molar refractivity (Wildman–Crippen MR) is 120 cm³/mol. The lowest BCUT2D eigenvalue weighted by molar-refractivity contribution is -0.152. The summed E-state index contributed by atoms with van der Waals surface area (Å²) < 4.78 is 5.82. The summed E-state index contributed by atoms with van der Waals surface area (Å²) in [6.45, 7) is 8.31. The molecule has 2 aromatic rings. The number of hydrogen-bond donors (Lipinski definition) is 2. The number of aliphatic carboxylic acids is 1. The molecule has 2 aromatic carbocycles. The Morgan fingerprint density at radius 1 is 1.10 bits per heavy atom. The van der Waals surface area contributed by atoms with E-state index >= 15 is 0 Å². The Morgan fingerprint density at radius 3 is 2.23 bits per heavy atom. The highest BCUT2D eigenvalue weighted by Gasteiger charge is 2.35. The first kappa shape index (κ1) is 22.4. The average Bonchev–Trinajstić information content (AvgIpc) is 3.20. The highest BCUT2D eigenvalue weighted by Crippen LogP contribution is 2.36. The van der Waals surface area contributed by atoms with Crippen LogP contribution in [0.15, 0.2) is 41.3 Å². The molecular weight excluding hydrogens is 398 g/mol. The van der Waals surface area contributed by atoms with Crippen LogP contribution >= 0.6 is 11.8 Å². The molecule has 2 atom stereocenters. The molecule has 1 unspecified atom stereocenters. The zero-order chi connectivity index (χ0) is 22.1. The molecule has 2 N–H and O–H groups in total. The van der Waals surface area contributed by atoms with Crippen molar-refractivity contribution in [2.24, 2.45) is 5.92 Å². The van der Waals surface area contributed by atoms with Crippen molar-refractivity contribution in [3.05, 3.63) is 58.7 Å². The Labute approximate surface area is 182 Å². The van der Waals surface area contributed by atoms with Crippen molar-refractivity contribution in [2.45, 2.75) is 44.1 Å². The van der Waals surface area contributed by atoms with Gasteiger partial charge < -0.3 is 15.2 Å². The molecule has 1 aliphatic rings. The summed E-state index contributed by atoms with van der Waals surface area (Å²) in [6, 6.07) is 11.8. The van der Waals surface area contributed by atoms with E-state index in [2.05, 4.69) is 5.32 Å². The first-order valence-electron chi connectivity index (χ1n) is 10.1. The number of thioether (sulfide) groups is 1. The third-order valence-electron chi connectivity index (χ3n) is 5.71. The molecule has 1 fully saturated rings. The fourth-order valence-corrected chi connectivity index (χ4v) is 4.34. The van der Waals surface area contributed by atoms with E-state index in [1.807, 2.05) is 56.5 Å². The summed E-state index contributed by atoms with van der Waals surface area (Å²) in [6.07, 6.45) is 2.02. The molecule has 0 radical (unpaired) electrons. The fraction of sp³-hybridized carbons (Fsp3) is 0.417. The maximum atomic E-state index is 13.2. The van der Waals surface area contributed by atoms with Gasteiger partial charge in [0, 0.05) is 35.4 Å². The molecule has 160 valence electrons. The van der Waals surface area contributed by atoms with Crippen molar-refractivity contribution in [3.8, 4) is 5.75 Å². The van der Waals surface area contributed by atoms with Crippen molar-refractivity contribution in [1.29, 1.82) is 0 Å². The molecule has 0 aromatic heterocycles. The quantitative estimate of drug-likeness (QED) is 0.502. The number of ether oxygens (including phenoxy) is 1. The minimum atomic E-state index is -1.31. The van der Waals surface area contributed by atoms with Gasteiger partial charge >= 0.3 is 5.97 Å². The number of carbonyl (C=O) groups is 2. The van der Waals surface area contributed by atoms with Gasteiger partial charge in [-0.05, 0) is 62.8 Å². The largest absolute Gasteiger partial charge is 0.478 e. The average molecular weight is 428 g/mol. The SMILES string of the molecule is CSc1ccc(C(=O)C2CNC[C@H]2c2cc(C)c(OC(C)(C)C(=O)O)c(C)c2)cc1. The Morgan fingerprint density at radius 2 is 1.70 bits per heavy atom. The zero-order valence-electron chi connectivity index (χ0n) is 18.1. The third-order valence-corrected chi connectivity index (χ3v) is 6.45. The molecule has 0 aliphatic carbocycles. The molecular formula is C24H29NO4S. The van der Waals surface area contributed by atoms with E-state index in [1.165, 1.54) is 0 Å². The third kappa shape index (κ3) is 4.55. The van der Waals surface area contributed by atoms with Gasteiger partial charge in [-0.1, -0.05) is 24.3 Å². The van der Waals surface area contributed by atoms with Crippen molar-refractivity contribution in [1.82, 2.24) is 5.32 Å². The Kier molecular flexibility index (Phi) is 6.58. The topological polar surface area (TPSA) is 75.6 Å². The van der Waals surface area contributed by atoms with Crippen molar-refractivity contribution >= 4 is 23.5 Å². The number of Topliss-reactive ketones (excluding diaryl/α,β-unsaturated/α-hetero) is 1. The van der Waals surface area contributed by atoms with E-state index in [-0.39, 0.29) is 17.6 Å². The van der Waals surface area contributed by atoms with Crippen LogP contribution in [0.2, 0.25) is 0 Å². The monoisotopic (exact) mass is 427 g/mol. The summed E-state index contributed by atoms with van der Waals surface area (Å²) >= 11 is 1.66. The summed E-state index contributed by atoms with van der Waals surface area (Å²) in [5.74, 6) is -0.334. The molecule has 0 amide bonds. The molecule has 3 rings (SSSR count). The van der Waals surface area contributed by atoms with Crippen LogP contribution in [0.1, 0.15) is 46.8 Å². The molecule has 6 heteroatoms. The first-order chi connectivity index (χ1) is 14.1. The van der Waals surface area contributed by atoms with Gasteiger partial charge in [0.1, 0.15) is 5.75 Å². The van der Waals surface area contributed by atoms with Crippen LogP contribution in [0.5, 0.6) is 5.75 Å². The fourth-order valence-electron chi connectivity index (χ4n) is 3.93. The number of carbonyl (C=O) groups excluding carboxylic acids is 1. The maximum Gasteiger partial charge on any atom is 0.347 e. The van der Waals surface area contributed by atoms with Gasteiger partial charge in [0.05, 0.1) is 0 Å². The van der Waals surface area contributed by atoms with E-state index < -0.39 is 11.6 Å². The van der Waals surface area contributed by atoms with Gasteiger partial charge in [-0.25, -0.2) is 4.79 Å². The number of benzene rings is 2. The highest BCUT2D eigenvalue weighted by molar-refractivity contribution is 7.98. The Balaban J connectivity index is 1.87. The highest BCUT2D eigenvalue weighted by atomic mass is 32.2. The summed E-state index contributed by atoms with van der Waals surface area (Å²) in [5.41, 5.74) is 2.26. The normalized spacial score (nSPS) is 19.0. The van der Waals surface area contributed by atoms with Gasteiger partial charge in [0.15, 0.2) is 11.4 Å². The van der Waals surface area contributed by atoms with Crippen LogP contribution in [-0.4, -0.2) is 41.8 Å². The minimum absolute atomic E-state index is 0.0664. The van der Waals surface area contributed by atoms with Gasteiger partial charge in [-0.3, -0.25) is 4.79 Å². The summed E-state index contributed by atoms with van der Waals surface area (Å²) in [7, 11) is 0. The molecule has 5 nitrogen and oxygen atoms in total. The van der Waals surface area contributed by atoms with E-state index in [0.717, 1.165) is 33.7 Å².